The zero-order chi connectivity index (χ0) is 13.5. The van der Waals surface area contributed by atoms with Crippen LogP contribution >= 0.6 is 0 Å². The van der Waals surface area contributed by atoms with Crippen LogP contribution in [0.1, 0.15) is 36.5 Å². The van der Waals surface area contributed by atoms with E-state index in [-0.39, 0.29) is 0 Å². The molecule has 0 unspecified atom stereocenters. The zero-order valence-electron chi connectivity index (χ0n) is 11.7. The highest BCUT2D eigenvalue weighted by Crippen LogP contribution is 2.16. The number of ether oxygens (including phenoxy) is 1. The van der Waals surface area contributed by atoms with Gasteiger partial charge in [-0.1, -0.05) is 19.1 Å². The molecule has 1 aliphatic heterocycles. The minimum absolute atomic E-state index is 0.669. The van der Waals surface area contributed by atoms with Crippen LogP contribution in [0.4, 0.5) is 0 Å². The molecule has 104 valence electrons. The van der Waals surface area contributed by atoms with Crippen LogP contribution in [0.25, 0.3) is 0 Å². The van der Waals surface area contributed by atoms with Crippen molar-refractivity contribution in [2.45, 2.75) is 26.2 Å². The molecule has 1 heterocycles. The lowest BCUT2D eigenvalue weighted by Crippen LogP contribution is -2.34. The molecule has 0 amide bonds. The van der Waals surface area contributed by atoms with Gasteiger partial charge in [-0.3, -0.25) is 4.79 Å². The van der Waals surface area contributed by atoms with Gasteiger partial charge in [-0.25, -0.2) is 0 Å². The highest BCUT2D eigenvalue weighted by Gasteiger charge is 2.14. The van der Waals surface area contributed by atoms with Gasteiger partial charge in [0.15, 0.2) is 0 Å². The zero-order valence-corrected chi connectivity index (χ0v) is 11.7. The van der Waals surface area contributed by atoms with E-state index >= 15 is 0 Å². The number of rotatable bonds is 6. The van der Waals surface area contributed by atoms with E-state index in [1.165, 1.54) is 25.9 Å². The molecule has 19 heavy (non-hydrogen) atoms. The van der Waals surface area contributed by atoms with Gasteiger partial charge in [0, 0.05) is 12.1 Å². The number of hydrogen-bond acceptors (Lipinski definition) is 3. The number of benzene rings is 1. The van der Waals surface area contributed by atoms with Crippen molar-refractivity contribution in [3.63, 3.8) is 0 Å². The van der Waals surface area contributed by atoms with Gasteiger partial charge in [-0.2, -0.15) is 0 Å². The third-order valence-corrected chi connectivity index (χ3v) is 3.76. The van der Waals surface area contributed by atoms with Crippen molar-refractivity contribution in [2.75, 3.05) is 26.2 Å². The first kappa shape index (κ1) is 14.1. The van der Waals surface area contributed by atoms with Crippen LogP contribution in [0.5, 0.6) is 5.75 Å². The largest absolute Gasteiger partial charge is 0.494 e. The number of piperidine rings is 1. The molecular formula is C16H23NO2. The van der Waals surface area contributed by atoms with Crippen molar-refractivity contribution in [1.29, 1.82) is 0 Å². The Labute approximate surface area is 115 Å². The maximum absolute atomic E-state index is 10.7. The molecule has 1 aromatic rings. The Balaban J connectivity index is 1.65. The summed E-state index contributed by atoms with van der Waals surface area (Å²) in [5, 5.41) is 0. The first-order chi connectivity index (χ1) is 9.28. The fourth-order valence-corrected chi connectivity index (χ4v) is 2.44. The van der Waals surface area contributed by atoms with E-state index in [1.807, 2.05) is 12.1 Å². The molecule has 1 fully saturated rings. The molecule has 0 bridgehead atoms. The van der Waals surface area contributed by atoms with Crippen LogP contribution < -0.4 is 4.74 Å². The molecule has 0 aliphatic carbocycles. The Morgan fingerprint density at radius 2 is 2.16 bits per heavy atom. The molecule has 0 atom stereocenters. The number of likely N-dealkylation sites (tertiary alicyclic amines) is 1. The molecule has 1 aliphatic rings. The summed E-state index contributed by atoms with van der Waals surface area (Å²) in [4.78, 5) is 13.2. The number of aldehydes is 1. The second-order valence-electron chi connectivity index (χ2n) is 5.42. The predicted octanol–water partition coefficient (Wildman–Crippen LogP) is 3.00. The van der Waals surface area contributed by atoms with E-state index < -0.39 is 0 Å². The van der Waals surface area contributed by atoms with Gasteiger partial charge in [0.2, 0.25) is 0 Å². The Morgan fingerprint density at radius 1 is 1.37 bits per heavy atom. The lowest BCUT2D eigenvalue weighted by molar-refractivity contribution is 0.112. The summed E-state index contributed by atoms with van der Waals surface area (Å²) in [6.07, 6.45) is 4.53. The molecule has 0 radical (unpaired) electrons. The van der Waals surface area contributed by atoms with Gasteiger partial charge in [-0.15, -0.1) is 0 Å². The van der Waals surface area contributed by atoms with Crippen LogP contribution in [0.2, 0.25) is 0 Å². The van der Waals surface area contributed by atoms with Crippen molar-refractivity contribution in [1.82, 2.24) is 4.90 Å². The van der Waals surface area contributed by atoms with Gasteiger partial charge in [0.1, 0.15) is 12.0 Å². The second-order valence-corrected chi connectivity index (χ2v) is 5.42. The average molecular weight is 261 g/mol. The van der Waals surface area contributed by atoms with E-state index in [2.05, 4.69) is 11.8 Å². The highest BCUT2D eigenvalue weighted by molar-refractivity contribution is 5.75. The van der Waals surface area contributed by atoms with Gasteiger partial charge in [0.05, 0.1) is 6.61 Å². The van der Waals surface area contributed by atoms with Crippen LogP contribution in [0.3, 0.4) is 0 Å². The van der Waals surface area contributed by atoms with E-state index in [1.54, 1.807) is 12.1 Å². The van der Waals surface area contributed by atoms with E-state index in [0.29, 0.717) is 12.2 Å². The lowest BCUT2D eigenvalue weighted by Gasteiger charge is -2.30. The van der Waals surface area contributed by atoms with Gasteiger partial charge < -0.3 is 9.64 Å². The topological polar surface area (TPSA) is 29.5 Å². The Bertz CT molecular complexity index is 397. The first-order valence-corrected chi connectivity index (χ1v) is 7.18. The quantitative estimate of drug-likeness (QED) is 0.582. The molecule has 0 aromatic heterocycles. The maximum Gasteiger partial charge on any atom is 0.150 e. The molecular weight excluding hydrogens is 238 g/mol. The van der Waals surface area contributed by atoms with Crippen molar-refractivity contribution in [2.24, 2.45) is 5.92 Å². The van der Waals surface area contributed by atoms with Crippen LogP contribution in [-0.2, 0) is 0 Å². The summed E-state index contributed by atoms with van der Waals surface area (Å²) in [6.45, 7) is 6.61. The Morgan fingerprint density at radius 3 is 2.89 bits per heavy atom. The molecule has 1 saturated heterocycles. The lowest BCUT2D eigenvalue weighted by atomic mass is 9.99. The normalized spacial score (nSPS) is 17.3. The molecule has 0 saturated carbocycles. The van der Waals surface area contributed by atoms with Gasteiger partial charge >= 0.3 is 0 Å². The summed E-state index contributed by atoms with van der Waals surface area (Å²) in [5.41, 5.74) is 0.669. The first-order valence-electron chi connectivity index (χ1n) is 7.18. The average Bonchev–Trinajstić information content (AvgIpc) is 2.46. The van der Waals surface area contributed by atoms with Crippen LogP contribution in [0, 0.1) is 5.92 Å². The van der Waals surface area contributed by atoms with Crippen molar-refractivity contribution >= 4 is 6.29 Å². The van der Waals surface area contributed by atoms with Crippen LogP contribution in [0.15, 0.2) is 24.3 Å². The number of hydrogen-bond donors (Lipinski definition) is 0. The van der Waals surface area contributed by atoms with Gasteiger partial charge in [-0.05, 0) is 50.4 Å². The molecule has 0 spiro atoms. The van der Waals surface area contributed by atoms with Gasteiger partial charge in [0.25, 0.3) is 0 Å². The second kappa shape index (κ2) is 7.29. The van der Waals surface area contributed by atoms with Crippen molar-refractivity contribution < 1.29 is 9.53 Å². The Hall–Kier alpha value is -1.35. The molecule has 0 N–H and O–H groups in total. The Kier molecular flexibility index (Phi) is 5.40. The third kappa shape index (κ3) is 4.67. The third-order valence-electron chi connectivity index (χ3n) is 3.76. The van der Waals surface area contributed by atoms with Crippen molar-refractivity contribution in [3.8, 4) is 5.75 Å². The van der Waals surface area contributed by atoms with Crippen LogP contribution in [-0.4, -0.2) is 37.4 Å². The van der Waals surface area contributed by atoms with E-state index in [9.17, 15) is 4.79 Å². The SMILES string of the molecule is CC1CCN(CCCOc2cccc(C=O)c2)CC1. The molecule has 3 heteroatoms. The monoisotopic (exact) mass is 261 g/mol. The molecule has 1 aromatic carbocycles. The highest BCUT2D eigenvalue weighted by atomic mass is 16.5. The maximum atomic E-state index is 10.7. The van der Waals surface area contributed by atoms with E-state index in [4.69, 9.17) is 4.74 Å². The number of nitrogens with zero attached hydrogens (tertiary/aromatic N) is 1. The number of carbonyl (C=O) groups excluding carboxylic acids is 1. The summed E-state index contributed by atoms with van der Waals surface area (Å²) in [5.74, 6) is 1.68. The predicted molar refractivity (Wildman–Crippen MR) is 76.8 cm³/mol. The van der Waals surface area contributed by atoms with E-state index in [0.717, 1.165) is 30.9 Å². The van der Waals surface area contributed by atoms with Crippen molar-refractivity contribution in [3.05, 3.63) is 29.8 Å². The summed E-state index contributed by atoms with van der Waals surface area (Å²) in [6, 6.07) is 7.32. The molecule has 2 rings (SSSR count). The fraction of sp³-hybridized carbons (Fsp3) is 0.562. The number of carbonyl (C=O) groups is 1. The minimum atomic E-state index is 0.669. The summed E-state index contributed by atoms with van der Waals surface area (Å²) in [7, 11) is 0. The minimum Gasteiger partial charge on any atom is -0.494 e. The summed E-state index contributed by atoms with van der Waals surface area (Å²) < 4.78 is 5.68. The standard InChI is InChI=1S/C16H23NO2/c1-14-6-9-17(10-7-14)8-3-11-19-16-5-2-4-15(12-16)13-18/h2,4-5,12-14H,3,6-11H2,1H3. The fourth-order valence-electron chi connectivity index (χ4n) is 2.44. The summed E-state index contributed by atoms with van der Waals surface area (Å²) >= 11 is 0. The smallest absolute Gasteiger partial charge is 0.150 e. The molecule has 3 nitrogen and oxygen atoms in total.